The van der Waals surface area contributed by atoms with E-state index in [0.29, 0.717) is 5.56 Å². The molecule has 0 fully saturated rings. The molecule has 0 saturated heterocycles. The Morgan fingerprint density at radius 1 is 1.22 bits per heavy atom. The van der Waals surface area contributed by atoms with Gasteiger partial charge in [-0.15, -0.1) is 0 Å². The summed E-state index contributed by atoms with van der Waals surface area (Å²) in [6.07, 6.45) is 0. The first kappa shape index (κ1) is 12.6. The van der Waals surface area contributed by atoms with Crippen LogP contribution < -0.4 is 10.5 Å². The highest BCUT2D eigenvalue weighted by Crippen LogP contribution is 2.34. The van der Waals surface area contributed by atoms with E-state index >= 15 is 0 Å². The van der Waals surface area contributed by atoms with E-state index in [1.807, 2.05) is 0 Å². The van der Waals surface area contributed by atoms with Crippen LogP contribution in [0.1, 0.15) is 0 Å². The molecule has 94 valence electrons. The third-order valence-corrected chi connectivity index (χ3v) is 2.87. The van der Waals surface area contributed by atoms with Crippen LogP contribution in [-0.2, 0) is 0 Å². The first-order valence-corrected chi connectivity index (χ1v) is 5.49. The van der Waals surface area contributed by atoms with Crippen molar-refractivity contribution in [3.8, 4) is 16.9 Å². The summed E-state index contributed by atoms with van der Waals surface area (Å²) in [6.45, 7) is 0. The molecule has 0 aliphatic rings. The van der Waals surface area contributed by atoms with E-state index in [0.717, 1.165) is 6.07 Å². The molecule has 0 spiro atoms. The van der Waals surface area contributed by atoms with E-state index in [9.17, 15) is 8.78 Å². The van der Waals surface area contributed by atoms with Gasteiger partial charge in [-0.1, -0.05) is 23.7 Å². The van der Waals surface area contributed by atoms with E-state index in [-0.39, 0.29) is 22.0 Å². The molecule has 0 saturated carbocycles. The van der Waals surface area contributed by atoms with E-state index in [1.165, 1.54) is 25.3 Å². The Balaban J connectivity index is 2.64. The van der Waals surface area contributed by atoms with Gasteiger partial charge < -0.3 is 10.5 Å². The number of nitrogens with two attached hydrogens (primary N) is 1. The molecule has 0 aromatic heterocycles. The number of hydrogen-bond donors (Lipinski definition) is 1. The van der Waals surface area contributed by atoms with Gasteiger partial charge in [-0.05, 0) is 23.8 Å². The maximum absolute atomic E-state index is 13.8. The van der Waals surface area contributed by atoms with Crippen LogP contribution >= 0.6 is 11.6 Å². The molecule has 2 aromatic carbocycles. The monoisotopic (exact) mass is 269 g/mol. The number of halogens is 3. The number of methoxy groups -OCH3 is 1. The summed E-state index contributed by atoms with van der Waals surface area (Å²) >= 11 is 5.68. The van der Waals surface area contributed by atoms with Gasteiger partial charge in [0.2, 0.25) is 0 Å². The molecule has 5 heteroatoms. The molecule has 2 rings (SSSR count). The van der Waals surface area contributed by atoms with E-state index in [1.54, 1.807) is 6.07 Å². The van der Waals surface area contributed by atoms with Crippen LogP contribution in [0.5, 0.6) is 5.75 Å². The highest BCUT2D eigenvalue weighted by atomic mass is 35.5. The predicted octanol–water partition coefficient (Wildman–Crippen LogP) is 3.88. The van der Waals surface area contributed by atoms with Gasteiger partial charge in [0.1, 0.15) is 17.3 Å². The van der Waals surface area contributed by atoms with Gasteiger partial charge in [0, 0.05) is 5.56 Å². The van der Waals surface area contributed by atoms with Crippen molar-refractivity contribution in [2.45, 2.75) is 0 Å². The third kappa shape index (κ3) is 2.11. The number of rotatable bonds is 2. The molecule has 2 nitrogen and oxygen atoms in total. The maximum Gasteiger partial charge on any atom is 0.150 e. The van der Waals surface area contributed by atoms with Crippen molar-refractivity contribution in [1.29, 1.82) is 0 Å². The summed E-state index contributed by atoms with van der Waals surface area (Å²) in [6, 6.07) is 7.12. The Morgan fingerprint density at radius 2 is 1.94 bits per heavy atom. The van der Waals surface area contributed by atoms with Gasteiger partial charge in [-0.25, -0.2) is 8.78 Å². The van der Waals surface area contributed by atoms with Gasteiger partial charge in [-0.3, -0.25) is 0 Å². The van der Waals surface area contributed by atoms with Crippen LogP contribution in [0.2, 0.25) is 5.02 Å². The molecular formula is C13H10ClF2NO. The number of benzene rings is 2. The van der Waals surface area contributed by atoms with Crippen molar-refractivity contribution >= 4 is 17.3 Å². The minimum atomic E-state index is -0.663. The number of nitrogen functional groups attached to an aromatic ring is 1. The van der Waals surface area contributed by atoms with Gasteiger partial charge in [-0.2, -0.15) is 0 Å². The summed E-state index contributed by atoms with van der Waals surface area (Å²) < 4.78 is 32.4. The molecule has 0 aliphatic heterocycles. The second kappa shape index (κ2) is 4.82. The molecule has 0 amide bonds. The lowest BCUT2D eigenvalue weighted by Crippen LogP contribution is -1.97. The molecule has 18 heavy (non-hydrogen) atoms. The Labute approximate surface area is 108 Å². The van der Waals surface area contributed by atoms with Crippen molar-refractivity contribution < 1.29 is 13.5 Å². The average Bonchev–Trinajstić information content (AvgIpc) is 2.36. The maximum atomic E-state index is 13.8. The Bertz CT molecular complexity index is 602. The summed E-state index contributed by atoms with van der Waals surface area (Å²) in [4.78, 5) is 0. The molecule has 0 radical (unpaired) electrons. The minimum absolute atomic E-state index is 0.0244. The zero-order chi connectivity index (χ0) is 13.3. The van der Waals surface area contributed by atoms with Crippen LogP contribution in [-0.4, -0.2) is 7.11 Å². The minimum Gasteiger partial charge on any atom is -0.494 e. The number of hydrogen-bond acceptors (Lipinski definition) is 2. The fraction of sp³-hybridized carbons (Fsp3) is 0.0769. The summed E-state index contributed by atoms with van der Waals surface area (Å²) in [5, 5.41) is -0.0244. The SMILES string of the molecule is COc1cc(-c2cccc(Cl)c2F)cc(F)c1N. The zero-order valence-electron chi connectivity index (χ0n) is 9.51. The summed E-state index contributed by atoms with van der Waals surface area (Å²) in [5.74, 6) is -1.11. The van der Waals surface area contributed by atoms with Crippen LogP contribution in [0.4, 0.5) is 14.5 Å². The van der Waals surface area contributed by atoms with E-state index < -0.39 is 11.6 Å². The molecule has 0 unspecified atom stereocenters. The first-order valence-electron chi connectivity index (χ1n) is 5.12. The van der Waals surface area contributed by atoms with Gasteiger partial charge in [0.05, 0.1) is 12.1 Å². The molecule has 0 heterocycles. The number of anilines is 1. The lowest BCUT2D eigenvalue weighted by Gasteiger charge is -2.10. The average molecular weight is 270 g/mol. The lowest BCUT2D eigenvalue weighted by atomic mass is 10.0. The zero-order valence-corrected chi connectivity index (χ0v) is 10.3. The fourth-order valence-electron chi connectivity index (χ4n) is 1.64. The Morgan fingerprint density at radius 3 is 2.61 bits per heavy atom. The summed E-state index contributed by atoms with van der Waals surface area (Å²) in [5.41, 5.74) is 5.89. The standard InChI is InChI=1S/C13H10ClF2NO/c1-18-11-6-7(5-10(15)13(11)17)8-3-2-4-9(14)12(8)16/h2-6H,17H2,1H3. The second-order valence-corrected chi connectivity index (χ2v) is 4.08. The first-order chi connectivity index (χ1) is 8.54. The topological polar surface area (TPSA) is 35.2 Å². The van der Waals surface area contributed by atoms with Crippen molar-refractivity contribution in [3.05, 3.63) is 47.0 Å². The van der Waals surface area contributed by atoms with Crippen LogP contribution in [0.3, 0.4) is 0 Å². The summed E-state index contributed by atoms with van der Waals surface area (Å²) in [7, 11) is 1.36. The van der Waals surface area contributed by atoms with Crippen LogP contribution in [0, 0.1) is 11.6 Å². The largest absolute Gasteiger partial charge is 0.494 e. The third-order valence-electron chi connectivity index (χ3n) is 2.57. The van der Waals surface area contributed by atoms with Gasteiger partial charge >= 0.3 is 0 Å². The fourth-order valence-corrected chi connectivity index (χ4v) is 1.82. The van der Waals surface area contributed by atoms with Crippen LogP contribution in [0.15, 0.2) is 30.3 Å². The van der Waals surface area contributed by atoms with Gasteiger partial charge in [0.15, 0.2) is 5.82 Å². The quantitative estimate of drug-likeness (QED) is 0.840. The highest BCUT2D eigenvalue weighted by Gasteiger charge is 2.13. The van der Waals surface area contributed by atoms with Crippen molar-refractivity contribution in [1.82, 2.24) is 0 Å². The second-order valence-electron chi connectivity index (χ2n) is 3.68. The van der Waals surface area contributed by atoms with Crippen molar-refractivity contribution in [2.75, 3.05) is 12.8 Å². The smallest absolute Gasteiger partial charge is 0.150 e. The molecule has 0 atom stereocenters. The molecule has 2 aromatic rings. The number of ether oxygens (including phenoxy) is 1. The molecule has 0 bridgehead atoms. The molecule has 0 aliphatic carbocycles. The molecular weight excluding hydrogens is 260 g/mol. The van der Waals surface area contributed by atoms with Crippen molar-refractivity contribution in [3.63, 3.8) is 0 Å². The Hall–Kier alpha value is -1.81. The van der Waals surface area contributed by atoms with E-state index in [2.05, 4.69) is 0 Å². The van der Waals surface area contributed by atoms with Crippen molar-refractivity contribution in [2.24, 2.45) is 0 Å². The van der Waals surface area contributed by atoms with Crippen LogP contribution in [0.25, 0.3) is 11.1 Å². The van der Waals surface area contributed by atoms with Gasteiger partial charge in [0.25, 0.3) is 0 Å². The Kier molecular flexibility index (Phi) is 3.39. The molecule has 2 N–H and O–H groups in total. The van der Waals surface area contributed by atoms with E-state index in [4.69, 9.17) is 22.1 Å². The lowest BCUT2D eigenvalue weighted by molar-refractivity contribution is 0.414. The normalized spacial score (nSPS) is 10.4. The predicted molar refractivity (Wildman–Crippen MR) is 67.8 cm³/mol. The highest BCUT2D eigenvalue weighted by molar-refractivity contribution is 6.31.